The predicted molar refractivity (Wildman–Crippen MR) is 71.4 cm³/mol. The minimum Gasteiger partial charge on any atom is -0.497 e. The summed E-state index contributed by atoms with van der Waals surface area (Å²) in [6.45, 7) is 1.64. The highest BCUT2D eigenvalue weighted by atomic mass is 16.6. The number of nitro benzene ring substituents is 1. The fourth-order valence-electron chi connectivity index (χ4n) is 1.60. The number of likely N-dealkylation sites (N-methyl/N-ethyl adjacent to an activating group) is 1. The molecule has 0 aromatic heterocycles. The molecule has 1 aromatic carbocycles. The molecular weight excluding hydrogens is 250 g/mol. The zero-order valence-electron chi connectivity index (χ0n) is 11.3. The minimum absolute atomic E-state index is 0.0980. The Morgan fingerprint density at radius 1 is 1.47 bits per heavy atom. The smallest absolute Gasteiger partial charge is 0.292 e. The number of nitro groups is 1. The van der Waals surface area contributed by atoms with Crippen molar-refractivity contribution in [1.29, 1.82) is 0 Å². The summed E-state index contributed by atoms with van der Waals surface area (Å²) in [6, 6.07) is 3.77. The quantitative estimate of drug-likeness (QED) is 0.645. The Bertz CT molecular complexity index is 488. The van der Waals surface area contributed by atoms with E-state index in [2.05, 4.69) is 5.32 Å². The molecule has 19 heavy (non-hydrogen) atoms. The van der Waals surface area contributed by atoms with Crippen molar-refractivity contribution < 1.29 is 14.5 Å². The predicted octanol–water partition coefficient (Wildman–Crippen LogP) is 1.49. The van der Waals surface area contributed by atoms with Crippen molar-refractivity contribution >= 4 is 17.3 Å². The highest BCUT2D eigenvalue weighted by Crippen LogP contribution is 2.29. The van der Waals surface area contributed by atoms with E-state index >= 15 is 0 Å². The van der Waals surface area contributed by atoms with Crippen LogP contribution in [0.5, 0.6) is 5.75 Å². The van der Waals surface area contributed by atoms with E-state index in [1.807, 2.05) is 0 Å². The Labute approximate surface area is 111 Å². The summed E-state index contributed by atoms with van der Waals surface area (Å²) in [6.07, 6.45) is 0. The maximum atomic E-state index is 11.7. The first kappa shape index (κ1) is 14.7. The summed E-state index contributed by atoms with van der Waals surface area (Å²) in [4.78, 5) is 23.6. The lowest BCUT2D eigenvalue weighted by atomic mass is 10.2. The summed E-state index contributed by atoms with van der Waals surface area (Å²) in [5.74, 6) is 0.315. The second-order valence-electron chi connectivity index (χ2n) is 4.24. The fourth-order valence-corrected chi connectivity index (χ4v) is 1.60. The molecule has 7 nitrogen and oxygen atoms in total. The summed E-state index contributed by atoms with van der Waals surface area (Å²) in [5.41, 5.74) is 0.159. The molecule has 7 heteroatoms. The molecule has 0 fully saturated rings. The maximum absolute atomic E-state index is 11.7. The van der Waals surface area contributed by atoms with Crippen LogP contribution in [0, 0.1) is 10.1 Å². The lowest BCUT2D eigenvalue weighted by molar-refractivity contribution is -0.384. The van der Waals surface area contributed by atoms with Crippen LogP contribution in [0.3, 0.4) is 0 Å². The van der Waals surface area contributed by atoms with Gasteiger partial charge >= 0.3 is 0 Å². The number of amides is 1. The largest absolute Gasteiger partial charge is 0.497 e. The van der Waals surface area contributed by atoms with Crippen molar-refractivity contribution in [1.82, 2.24) is 4.90 Å². The zero-order chi connectivity index (χ0) is 14.6. The summed E-state index contributed by atoms with van der Waals surface area (Å²) in [5, 5.41) is 13.8. The molecule has 0 aliphatic carbocycles. The molecule has 0 radical (unpaired) electrons. The Kier molecular flexibility index (Phi) is 4.68. The molecule has 1 rings (SSSR count). The van der Waals surface area contributed by atoms with Crippen LogP contribution in [-0.4, -0.2) is 43.0 Å². The summed E-state index contributed by atoms with van der Waals surface area (Å²) in [7, 11) is 4.72. The van der Waals surface area contributed by atoms with Crippen molar-refractivity contribution in [2.75, 3.05) is 26.5 Å². The molecule has 0 spiro atoms. The number of hydrogen-bond donors (Lipinski definition) is 1. The molecule has 0 aliphatic rings. The van der Waals surface area contributed by atoms with Crippen molar-refractivity contribution in [3.8, 4) is 5.75 Å². The van der Waals surface area contributed by atoms with Gasteiger partial charge in [-0.15, -0.1) is 0 Å². The van der Waals surface area contributed by atoms with Crippen molar-refractivity contribution in [2.24, 2.45) is 0 Å². The number of nitrogens with one attached hydrogen (secondary N) is 1. The molecule has 0 heterocycles. The van der Waals surface area contributed by atoms with Crippen LogP contribution in [0.25, 0.3) is 0 Å². The third-order valence-corrected chi connectivity index (χ3v) is 2.58. The van der Waals surface area contributed by atoms with E-state index in [0.29, 0.717) is 5.75 Å². The van der Waals surface area contributed by atoms with Gasteiger partial charge in [0.05, 0.1) is 12.0 Å². The minimum atomic E-state index is -0.569. The van der Waals surface area contributed by atoms with E-state index in [9.17, 15) is 14.9 Å². The molecule has 1 aromatic rings. The molecule has 0 aliphatic heterocycles. The number of methoxy groups -OCH3 is 1. The van der Waals surface area contributed by atoms with Crippen LogP contribution < -0.4 is 10.1 Å². The van der Waals surface area contributed by atoms with Gasteiger partial charge < -0.3 is 15.0 Å². The number of benzene rings is 1. The first-order chi connectivity index (χ1) is 8.86. The molecule has 0 bridgehead atoms. The Morgan fingerprint density at radius 3 is 2.58 bits per heavy atom. The summed E-state index contributed by atoms with van der Waals surface area (Å²) < 4.78 is 5.02. The lowest BCUT2D eigenvalue weighted by Gasteiger charge is -2.19. The lowest BCUT2D eigenvalue weighted by Crippen LogP contribution is -2.36. The number of anilines is 1. The molecule has 1 amide bonds. The third kappa shape index (κ3) is 3.57. The molecule has 104 valence electrons. The SMILES string of the molecule is COc1ccc([N+](=O)[O-])c(NC(C)C(=O)N(C)C)c1. The topological polar surface area (TPSA) is 84.7 Å². The van der Waals surface area contributed by atoms with E-state index < -0.39 is 11.0 Å². The fraction of sp³-hybridized carbons (Fsp3) is 0.417. The number of ether oxygens (including phenoxy) is 1. The molecule has 1 unspecified atom stereocenters. The van der Waals surface area contributed by atoms with E-state index in [-0.39, 0.29) is 17.3 Å². The molecule has 0 saturated heterocycles. The van der Waals surface area contributed by atoms with Gasteiger partial charge in [-0.05, 0) is 13.0 Å². The van der Waals surface area contributed by atoms with Gasteiger partial charge in [0.25, 0.3) is 5.69 Å². The van der Waals surface area contributed by atoms with Crippen molar-refractivity contribution in [2.45, 2.75) is 13.0 Å². The van der Waals surface area contributed by atoms with E-state index in [4.69, 9.17) is 4.74 Å². The Hall–Kier alpha value is -2.31. The second-order valence-corrected chi connectivity index (χ2v) is 4.24. The first-order valence-corrected chi connectivity index (χ1v) is 5.67. The number of carbonyl (C=O) groups is 1. The van der Waals surface area contributed by atoms with Gasteiger partial charge in [0.1, 0.15) is 17.5 Å². The number of nitrogens with zero attached hydrogens (tertiary/aromatic N) is 2. The standard InChI is InChI=1S/C12H17N3O4/c1-8(12(16)14(2)3)13-10-7-9(19-4)5-6-11(10)15(17)18/h5-8,13H,1-4H3. The third-order valence-electron chi connectivity index (χ3n) is 2.58. The van der Waals surface area contributed by atoms with Crippen LogP contribution in [0.2, 0.25) is 0 Å². The van der Waals surface area contributed by atoms with Gasteiger partial charge in [0.15, 0.2) is 0 Å². The van der Waals surface area contributed by atoms with Gasteiger partial charge in [-0.1, -0.05) is 0 Å². The average Bonchev–Trinajstić information content (AvgIpc) is 2.36. The van der Waals surface area contributed by atoms with Gasteiger partial charge in [0.2, 0.25) is 5.91 Å². The Morgan fingerprint density at radius 2 is 2.11 bits per heavy atom. The summed E-state index contributed by atoms with van der Waals surface area (Å²) >= 11 is 0. The second kappa shape index (κ2) is 6.03. The van der Waals surface area contributed by atoms with Crippen molar-refractivity contribution in [3.63, 3.8) is 0 Å². The van der Waals surface area contributed by atoms with Gasteiger partial charge in [-0.3, -0.25) is 14.9 Å². The van der Waals surface area contributed by atoms with E-state index in [1.165, 1.54) is 30.2 Å². The Balaban J connectivity index is 3.04. The maximum Gasteiger partial charge on any atom is 0.292 e. The first-order valence-electron chi connectivity index (χ1n) is 5.67. The van der Waals surface area contributed by atoms with Crippen LogP contribution in [0.15, 0.2) is 18.2 Å². The number of carbonyl (C=O) groups excluding carboxylic acids is 1. The van der Waals surface area contributed by atoms with Gasteiger partial charge in [0, 0.05) is 26.2 Å². The normalized spacial score (nSPS) is 11.6. The average molecular weight is 267 g/mol. The van der Waals surface area contributed by atoms with Gasteiger partial charge in [-0.2, -0.15) is 0 Å². The van der Waals surface area contributed by atoms with Crippen LogP contribution in [0.1, 0.15) is 6.92 Å². The molecular formula is C12H17N3O4. The van der Waals surface area contributed by atoms with Gasteiger partial charge in [-0.25, -0.2) is 0 Å². The van der Waals surface area contributed by atoms with Crippen molar-refractivity contribution in [3.05, 3.63) is 28.3 Å². The number of rotatable bonds is 5. The van der Waals surface area contributed by atoms with Crippen LogP contribution in [0.4, 0.5) is 11.4 Å². The van der Waals surface area contributed by atoms with E-state index in [0.717, 1.165) is 0 Å². The molecule has 0 saturated carbocycles. The van der Waals surface area contributed by atoms with E-state index in [1.54, 1.807) is 21.0 Å². The van der Waals surface area contributed by atoms with Crippen LogP contribution in [-0.2, 0) is 4.79 Å². The molecule has 1 atom stereocenters. The monoisotopic (exact) mass is 267 g/mol. The van der Waals surface area contributed by atoms with Crippen LogP contribution >= 0.6 is 0 Å². The number of hydrogen-bond acceptors (Lipinski definition) is 5. The highest BCUT2D eigenvalue weighted by Gasteiger charge is 2.20. The zero-order valence-corrected chi connectivity index (χ0v) is 11.3. The molecule has 1 N–H and O–H groups in total. The highest BCUT2D eigenvalue weighted by molar-refractivity contribution is 5.84.